The summed E-state index contributed by atoms with van der Waals surface area (Å²) in [4.78, 5) is 0. The van der Waals surface area contributed by atoms with E-state index in [1.165, 1.54) is 0 Å². The molecule has 4 nitrogen and oxygen atoms in total. The van der Waals surface area contributed by atoms with E-state index in [-0.39, 0.29) is 0 Å². The van der Waals surface area contributed by atoms with Gasteiger partial charge in [-0.3, -0.25) is 0 Å². The SMILES string of the molecule is c1ccc(COc2ccc(C3=C(c4ccc(OCc5ccccc5)cc4)c4ccc(OCc5ccccc5)cc4OC3)cc2)cc1. The van der Waals surface area contributed by atoms with Crippen LogP contribution in [0.25, 0.3) is 11.1 Å². The number of fused-ring (bicyclic) bond motifs is 1. The van der Waals surface area contributed by atoms with Crippen molar-refractivity contribution < 1.29 is 18.9 Å². The molecule has 0 spiro atoms. The Morgan fingerprint density at radius 3 is 1.37 bits per heavy atom. The van der Waals surface area contributed by atoms with Crippen LogP contribution in [0.4, 0.5) is 0 Å². The van der Waals surface area contributed by atoms with Crippen LogP contribution in [-0.4, -0.2) is 6.61 Å². The van der Waals surface area contributed by atoms with Gasteiger partial charge in [0.25, 0.3) is 0 Å². The second-order valence-electron chi connectivity index (χ2n) is 11.2. The lowest BCUT2D eigenvalue weighted by atomic mass is 9.87. The van der Waals surface area contributed by atoms with Crippen LogP contribution in [-0.2, 0) is 19.8 Å². The zero-order chi connectivity index (χ0) is 31.0. The van der Waals surface area contributed by atoms with E-state index in [1.807, 2.05) is 91.0 Å². The summed E-state index contributed by atoms with van der Waals surface area (Å²) in [5, 5.41) is 0. The molecule has 1 aliphatic heterocycles. The maximum Gasteiger partial charge on any atom is 0.131 e. The molecule has 0 aromatic heterocycles. The topological polar surface area (TPSA) is 36.9 Å². The third-order valence-electron chi connectivity index (χ3n) is 7.99. The third-order valence-corrected chi connectivity index (χ3v) is 7.99. The summed E-state index contributed by atoms with van der Waals surface area (Å²) in [5.74, 6) is 3.23. The van der Waals surface area contributed by atoms with Gasteiger partial charge in [-0.2, -0.15) is 0 Å². The van der Waals surface area contributed by atoms with Crippen LogP contribution in [0.5, 0.6) is 23.0 Å². The van der Waals surface area contributed by atoms with Gasteiger partial charge in [-0.25, -0.2) is 0 Å². The summed E-state index contributed by atoms with van der Waals surface area (Å²) < 4.78 is 24.7. The van der Waals surface area contributed by atoms with Crippen molar-refractivity contribution in [2.75, 3.05) is 6.61 Å². The molecule has 6 aromatic carbocycles. The molecule has 226 valence electrons. The summed E-state index contributed by atoms with van der Waals surface area (Å²) in [7, 11) is 0. The van der Waals surface area contributed by atoms with Crippen LogP contribution in [0, 0.1) is 0 Å². The Morgan fingerprint density at radius 1 is 0.435 bits per heavy atom. The molecular weight excluding hydrogens is 568 g/mol. The lowest BCUT2D eigenvalue weighted by Crippen LogP contribution is -2.12. The Kier molecular flexibility index (Phi) is 8.77. The Labute approximate surface area is 270 Å². The van der Waals surface area contributed by atoms with Gasteiger partial charge < -0.3 is 18.9 Å². The highest BCUT2D eigenvalue weighted by Crippen LogP contribution is 2.43. The minimum absolute atomic E-state index is 0.431. The average molecular weight is 603 g/mol. The Bertz CT molecular complexity index is 1900. The van der Waals surface area contributed by atoms with Crippen LogP contribution in [0.3, 0.4) is 0 Å². The molecule has 46 heavy (non-hydrogen) atoms. The highest BCUT2D eigenvalue weighted by atomic mass is 16.5. The van der Waals surface area contributed by atoms with Crippen LogP contribution in [0.15, 0.2) is 158 Å². The number of hydrogen-bond acceptors (Lipinski definition) is 4. The average Bonchev–Trinajstić information content (AvgIpc) is 3.13. The second-order valence-corrected chi connectivity index (χ2v) is 11.2. The zero-order valence-electron chi connectivity index (χ0n) is 25.5. The van der Waals surface area contributed by atoms with Crippen molar-refractivity contribution in [1.29, 1.82) is 0 Å². The second kappa shape index (κ2) is 13.9. The van der Waals surface area contributed by atoms with Crippen LogP contribution >= 0.6 is 0 Å². The molecule has 0 aliphatic carbocycles. The quantitative estimate of drug-likeness (QED) is 0.148. The van der Waals surface area contributed by atoms with E-state index >= 15 is 0 Å². The standard InChI is InChI=1S/C42H34O4/c1-4-10-31(11-5-1)27-43-36-20-16-34(17-21-36)40-30-46-41-26-38(45-29-33-14-8-3-9-15-33)24-25-39(41)42(40)35-18-22-37(23-19-35)44-28-32-12-6-2-7-13-32/h1-26H,27-30H2. The fourth-order valence-corrected chi connectivity index (χ4v) is 5.55. The van der Waals surface area contributed by atoms with Crippen molar-refractivity contribution in [3.05, 3.63) is 191 Å². The molecule has 0 saturated heterocycles. The van der Waals surface area contributed by atoms with Gasteiger partial charge in [0, 0.05) is 17.2 Å². The molecule has 1 aliphatic rings. The summed E-state index contributed by atoms with van der Waals surface area (Å²) >= 11 is 0. The van der Waals surface area contributed by atoms with Gasteiger partial charge in [-0.15, -0.1) is 0 Å². The zero-order valence-corrected chi connectivity index (χ0v) is 25.5. The molecule has 1 heterocycles. The molecule has 0 fully saturated rings. The van der Waals surface area contributed by atoms with Gasteiger partial charge >= 0.3 is 0 Å². The lowest BCUT2D eigenvalue weighted by molar-refractivity contribution is 0.301. The third kappa shape index (κ3) is 6.98. The summed E-state index contributed by atoms with van der Waals surface area (Å²) in [6.45, 7) is 1.98. The van der Waals surface area contributed by atoms with E-state index in [1.54, 1.807) is 0 Å². The first-order valence-corrected chi connectivity index (χ1v) is 15.5. The van der Waals surface area contributed by atoms with Crippen molar-refractivity contribution in [2.24, 2.45) is 0 Å². The molecule has 0 saturated carbocycles. The number of hydrogen-bond donors (Lipinski definition) is 0. The van der Waals surface area contributed by atoms with Gasteiger partial charge in [-0.05, 0) is 69.8 Å². The summed E-state index contributed by atoms with van der Waals surface area (Å²) in [6, 6.07) is 53.3. The van der Waals surface area contributed by atoms with Crippen molar-refractivity contribution in [3.8, 4) is 23.0 Å². The largest absolute Gasteiger partial charge is 0.489 e. The molecular formula is C42H34O4. The minimum atomic E-state index is 0.431. The van der Waals surface area contributed by atoms with Crippen molar-refractivity contribution in [3.63, 3.8) is 0 Å². The van der Waals surface area contributed by atoms with Gasteiger partial charge in [-0.1, -0.05) is 115 Å². The number of benzene rings is 6. The maximum absolute atomic E-state index is 6.39. The summed E-state index contributed by atoms with van der Waals surface area (Å²) in [5.41, 5.74) is 8.83. The monoisotopic (exact) mass is 602 g/mol. The lowest BCUT2D eigenvalue weighted by Gasteiger charge is -2.26. The first-order chi connectivity index (χ1) is 22.8. The highest BCUT2D eigenvalue weighted by Gasteiger charge is 2.24. The number of ether oxygens (including phenoxy) is 4. The van der Waals surface area contributed by atoms with Crippen LogP contribution in [0.2, 0.25) is 0 Å². The highest BCUT2D eigenvalue weighted by molar-refractivity contribution is 6.01. The summed E-state index contributed by atoms with van der Waals surface area (Å²) in [6.07, 6.45) is 0. The molecule has 0 N–H and O–H groups in total. The van der Waals surface area contributed by atoms with E-state index in [9.17, 15) is 0 Å². The fourth-order valence-electron chi connectivity index (χ4n) is 5.55. The Morgan fingerprint density at radius 2 is 0.870 bits per heavy atom. The molecule has 0 atom stereocenters. The predicted molar refractivity (Wildman–Crippen MR) is 183 cm³/mol. The van der Waals surface area contributed by atoms with Gasteiger partial charge in [0.05, 0.1) is 0 Å². The smallest absolute Gasteiger partial charge is 0.131 e. The molecule has 7 rings (SSSR count). The van der Waals surface area contributed by atoms with Crippen molar-refractivity contribution >= 4 is 11.1 Å². The molecule has 0 unspecified atom stereocenters. The minimum Gasteiger partial charge on any atom is -0.489 e. The van der Waals surface area contributed by atoms with Gasteiger partial charge in [0.15, 0.2) is 0 Å². The van der Waals surface area contributed by atoms with Gasteiger partial charge in [0.2, 0.25) is 0 Å². The first-order valence-electron chi connectivity index (χ1n) is 15.5. The van der Waals surface area contributed by atoms with E-state index in [4.69, 9.17) is 18.9 Å². The van der Waals surface area contributed by atoms with Crippen LogP contribution < -0.4 is 18.9 Å². The fraction of sp³-hybridized carbons (Fsp3) is 0.0952. The molecule has 4 heteroatoms. The maximum atomic E-state index is 6.39. The molecule has 0 bridgehead atoms. The van der Waals surface area contributed by atoms with Crippen molar-refractivity contribution in [1.82, 2.24) is 0 Å². The van der Waals surface area contributed by atoms with Crippen molar-refractivity contribution in [2.45, 2.75) is 19.8 Å². The first kappa shape index (κ1) is 29.0. The van der Waals surface area contributed by atoms with Gasteiger partial charge in [0.1, 0.15) is 49.4 Å². The molecule has 6 aromatic rings. The Hall–Kier alpha value is -5.74. The van der Waals surface area contributed by atoms with E-state index in [0.29, 0.717) is 26.4 Å². The van der Waals surface area contributed by atoms with E-state index in [0.717, 1.165) is 67.5 Å². The molecule has 0 amide bonds. The Balaban J connectivity index is 1.17. The van der Waals surface area contributed by atoms with E-state index in [2.05, 4.69) is 66.7 Å². The predicted octanol–water partition coefficient (Wildman–Crippen LogP) is 9.78. The molecule has 0 radical (unpaired) electrons. The van der Waals surface area contributed by atoms with Crippen LogP contribution in [0.1, 0.15) is 33.4 Å². The van der Waals surface area contributed by atoms with E-state index < -0.39 is 0 Å². The number of rotatable bonds is 11. The normalized spacial score (nSPS) is 12.2.